The molecule has 2 aliphatic rings. The predicted octanol–water partition coefficient (Wildman–Crippen LogP) is 4.11. The van der Waals surface area contributed by atoms with Gasteiger partial charge in [0, 0.05) is 10.9 Å². The third-order valence-corrected chi connectivity index (χ3v) is 6.80. The topological polar surface area (TPSA) is 79.3 Å². The summed E-state index contributed by atoms with van der Waals surface area (Å²) in [5, 5.41) is 14.9. The van der Waals surface area contributed by atoms with Crippen LogP contribution in [0.1, 0.15) is 30.4 Å². The number of carbonyl (C=O) groups is 2. The van der Waals surface area contributed by atoms with Gasteiger partial charge in [-0.05, 0) is 62.1 Å². The normalized spacial score (nSPS) is 26.8. The van der Waals surface area contributed by atoms with Crippen molar-refractivity contribution in [3.63, 3.8) is 0 Å². The number of carboxylic acids is 1. The Labute approximate surface area is 156 Å². The van der Waals surface area contributed by atoms with E-state index in [2.05, 4.69) is 36.3 Å². The molecule has 2 bridgehead atoms. The van der Waals surface area contributed by atoms with E-state index in [0.717, 1.165) is 30.5 Å². The Bertz CT molecular complexity index is 876. The number of anilines is 1. The van der Waals surface area contributed by atoms with Crippen molar-refractivity contribution in [3.05, 3.63) is 34.7 Å². The molecule has 1 aromatic carbocycles. The quantitative estimate of drug-likeness (QED) is 0.849. The van der Waals surface area contributed by atoms with E-state index in [9.17, 15) is 14.7 Å². The number of aryl methyl sites for hydroxylation is 2. The molecule has 1 amide bonds. The van der Waals surface area contributed by atoms with Crippen LogP contribution in [0.2, 0.25) is 0 Å². The average molecular weight is 370 g/mol. The second-order valence-corrected chi connectivity index (χ2v) is 8.41. The van der Waals surface area contributed by atoms with Crippen LogP contribution in [0.5, 0.6) is 0 Å². The van der Waals surface area contributed by atoms with E-state index in [1.807, 2.05) is 11.4 Å². The van der Waals surface area contributed by atoms with E-state index in [1.54, 1.807) is 0 Å². The van der Waals surface area contributed by atoms with Gasteiger partial charge in [-0.15, -0.1) is 11.3 Å². The summed E-state index contributed by atoms with van der Waals surface area (Å²) in [7, 11) is 0. The lowest BCUT2D eigenvalue weighted by molar-refractivity contribution is -0.148. The molecular weight excluding hydrogens is 348 g/mol. The fraction of sp³-hybridized carbons (Fsp3) is 0.450. The molecule has 0 spiro atoms. The number of carboxylic acid groups (broad SMARTS) is 1. The first-order valence-electron chi connectivity index (χ1n) is 9.01. The zero-order valence-electron chi connectivity index (χ0n) is 14.9. The molecule has 4 rings (SSSR count). The van der Waals surface area contributed by atoms with Crippen LogP contribution in [0, 0.1) is 37.5 Å². The van der Waals surface area contributed by atoms with Crippen LogP contribution in [0.25, 0.3) is 11.3 Å². The fourth-order valence-corrected chi connectivity index (χ4v) is 5.30. The lowest BCUT2D eigenvalue weighted by atomic mass is 9.79. The molecule has 0 unspecified atom stereocenters. The number of carbonyl (C=O) groups excluding carboxylic acids is 1. The minimum atomic E-state index is -0.840. The van der Waals surface area contributed by atoms with Crippen LogP contribution >= 0.6 is 11.3 Å². The first-order chi connectivity index (χ1) is 12.4. The summed E-state index contributed by atoms with van der Waals surface area (Å²) in [4.78, 5) is 28.9. The maximum atomic E-state index is 12.8. The highest BCUT2D eigenvalue weighted by molar-refractivity contribution is 7.14. The lowest BCUT2D eigenvalue weighted by Crippen LogP contribution is -2.37. The SMILES string of the molecule is Cc1ccc(-c2csc(NC(=O)[C@H]3[C@@H]4CC[C@@H](C4)[C@@H]3C(=O)O)n2)cc1C. The maximum absolute atomic E-state index is 12.8. The Morgan fingerprint density at radius 3 is 2.58 bits per heavy atom. The van der Waals surface area contributed by atoms with Crippen LogP contribution in [0.15, 0.2) is 23.6 Å². The minimum absolute atomic E-state index is 0.149. The number of rotatable bonds is 4. The molecule has 6 heteroatoms. The molecule has 2 N–H and O–H groups in total. The summed E-state index contributed by atoms with van der Waals surface area (Å²) in [6.07, 6.45) is 2.75. The predicted molar refractivity (Wildman–Crippen MR) is 101 cm³/mol. The number of nitrogens with one attached hydrogen (secondary N) is 1. The molecule has 4 atom stereocenters. The first kappa shape index (κ1) is 17.2. The van der Waals surface area contributed by atoms with Gasteiger partial charge in [-0.3, -0.25) is 9.59 Å². The van der Waals surface area contributed by atoms with Crippen molar-refractivity contribution in [2.75, 3.05) is 5.32 Å². The molecule has 1 aromatic heterocycles. The highest BCUT2D eigenvalue weighted by atomic mass is 32.1. The number of benzene rings is 1. The average Bonchev–Trinajstić information content (AvgIpc) is 3.32. The van der Waals surface area contributed by atoms with Gasteiger partial charge in [-0.25, -0.2) is 4.98 Å². The fourth-order valence-electron chi connectivity index (χ4n) is 4.58. The standard InChI is InChI=1S/C20H22N2O3S/c1-10-3-4-12(7-11(10)2)15-9-26-20(21-15)22-18(23)16-13-5-6-14(8-13)17(16)19(24)25/h3-4,7,9,13-14,16-17H,5-6,8H2,1-2H3,(H,24,25)(H,21,22,23)/t13-,14+,16+,17+/m1/s1. The molecule has 2 aliphatic carbocycles. The second-order valence-electron chi connectivity index (χ2n) is 7.55. The van der Waals surface area contributed by atoms with E-state index in [1.165, 1.54) is 22.5 Å². The summed E-state index contributed by atoms with van der Waals surface area (Å²) in [5.41, 5.74) is 4.28. The van der Waals surface area contributed by atoms with Gasteiger partial charge >= 0.3 is 5.97 Å². The molecular formula is C20H22N2O3S. The van der Waals surface area contributed by atoms with Crippen LogP contribution < -0.4 is 5.32 Å². The monoisotopic (exact) mass is 370 g/mol. The van der Waals surface area contributed by atoms with Crippen molar-refractivity contribution in [2.45, 2.75) is 33.1 Å². The van der Waals surface area contributed by atoms with Crippen molar-refractivity contribution < 1.29 is 14.7 Å². The summed E-state index contributed by atoms with van der Waals surface area (Å²) >= 11 is 1.38. The van der Waals surface area contributed by atoms with E-state index < -0.39 is 17.8 Å². The smallest absolute Gasteiger partial charge is 0.307 e. The zero-order valence-corrected chi connectivity index (χ0v) is 15.7. The van der Waals surface area contributed by atoms with Gasteiger partial charge in [0.2, 0.25) is 5.91 Å². The van der Waals surface area contributed by atoms with Crippen LogP contribution in [0.3, 0.4) is 0 Å². The van der Waals surface area contributed by atoms with Crippen molar-refractivity contribution in [1.82, 2.24) is 4.98 Å². The number of aliphatic carboxylic acids is 1. The van der Waals surface area contributed by atoms with E-state index in [0.29, 0.717) is 5.13 Å². The highest BCUT2D eigenvalue weighted by Gasteiger charge is 2.54. The minimum Gasteiger partial charge on any atom is -0.481 e. The summed E-state index contributed by atoms with van der Waals surface area (Å²) in [6, 6.07) is 6.18. The van der Waals surface area contributed by atoms with Crippen molar-refractivity contribution >= 4 is 28.3 Å². The Morgan fingerprint density at radius 2 is 1.88 bits per heavy atom. The number of fused-ring (bicyclic) bond motifs is 2. The van der Waals surface area contributed by atoms with E-state index in [-0.39, 0.29) is 17.7 Å². The maximum Gasteiger partial charge on any atom is 0.307 e. The van der Waals surface area contributed by atoms with Gasteiger partial charge in [0.25, 0.3) is 0 Å². The van der Waals surface area contributed by atoms with E-state index in [4.69, 9.17) is 0 Å². The summed E-state index contributed by atoms with van der Waals surface area (Å²) < 4.78 is 0. The molecule has 2 aromatic rings. The molecule has 26 heavy (non-hydrogen) atoms. The molecule has 2 fully saturated rings. The van der Waals surface area contributed by atoms with Crippen molar-refractivity contribution in [3.8, 4) is 11.3 Å². The summed E-state index contributed by atoms with van der Waals surface area (Å²) in [6.45, 7) is 4.13. The third-order valence-electron chi connectivity index (χ3n) is 6.04. The van der Waals surface area contributed by atoms with Gasteiger partial charge in [-0.1, -0.05) is 12.1 Å². The van der Waals surface area contributed by atoms with Gasteiger partial charge in [-0.2, -0.15) is 0 Å². The first-order valence-corrected chi connectivity index (χ1v) is 9.89. The number of hydrogen-bond donors (Lipinski definition) is 2. The van der Waals surface area contributed by atoms with Crippen molar-refractivity contribution in [1.29, 1.82) is 0 Å². The second kappa shape index (κ2) is 6.50. The number of hydrogen-bond acceptors (Lipinski definition) is 4. The van der Waals surface area contributed by atoms with Gasteiger partial charge in [0.1, 0.15) is 0 Å². The van der Waals surface area contributed by atoms with Crippen LogP contribution in [0.4, 0.5) is 5.13 Å². The Hall–Kier alpha value is -2.21. The molecule has 136 valence electrons. The summed E-state index contributed by atoms with van der Waals surface area (Å²) in [5.74, 6) is -1.66. The van der Waals surface area contributed by atoms with Gasteiger partial charge in [0.15, 0.2) is 5.13 Å². The molecule has 0 saturated heterocycles. The molecule has 2 saturated carbocycles. The molecule has 0 radical (unpaired) electrons. The largest absolute Gasteiger partial charge is 0.481 e. The van der Waals surface area contributed by atoms with Crippen LogP contribution in [-0.2, 0) is 9.59 Å². The Kier molecular flexibility index (Phi) is 4.31. The number of nitrogens with zero attached hydrogens (tertiary/aromatic N) is 1. The third kappa shape index (κ3) is 2.92. The van der Waals surface area contributed by atoms with Gasteiger partial charge < -0.3 is 10.4 Å². The lowest BCUT2D eigenvalue weighted by Gasteiger charge is -2.26. The number of thiazole rings is 1. The van der Waals surface area contributed by atoms with Crippen molar-refractivity contribution in [2.24, 2.45) is 23.7 Å². The number of amides is 1. The van der Waals surface area contributed by atoms with Gasteiger partial charge in [0.05, 0.1) is 17.5 Å². The highest BCUT2D eigenvalue weighted by Crippen LogP contribution is 2.52. The molecule has 1 heterocycles. The van der Waals surface area contributed by atoms with Crippen LogP contribution in [-0.4, -0.2) is 22.0 Å². The molecule has 5 nitrogen and oxygen atoms in total. The number of aromatic nitrogens is 1. The Morgan fingerprint density at radius 1 is 1.15 bits per heavy atom. The molecule has 0 aliphatic heterocycles. The Balaban J connectivity index is 1.51. The zero-order chi connectivity index (χ0) is 18.4. The van der Waals surface area contributed by atoms with E-state index >= 15 is 0 Å².